The number of hydrogen-bond acceptors (Lipinski definition) is 3. The molecule has 0 saturated carbocycles. The monoisotopic (exact) mass is 327 g/mol. The van der Waals surface area contributed by atoms with Gasteiger partial charge >= 0.3 is 0 Å². The number of nitrogens with two attached hydrogens (primary N) is 1. The van der Waals surface area contributed by atoms with Gasteiger partial charge in [0.2, 0.25) is 0 Å². The predicted molar refractivity (Wildman–Crippen MR) is 75.6 cm³/mol. The van der Waals surface area contributed by atoms with E-state index in [0.717, 1.165) is 9.37 Å². The average molecular weight is 328 g/mol. The van der Waals surface area contributed by atoms with Crippen molar-refractivity contribution in [2.45, 2.75) is 9.79 Å². The van der Waals surface area contributed by atoms with Gasteiger partial charge in [0.25, 0.3) is 0 Å². The van der Waals surface area contributed by atoms with Crippen LogP contribution in [-0.2, 0) is 0 Å². The fourth-order valence-electron chi connectivity index (χ4n) is 1.46. The Morgan fingerprint density at radius 2 is 2.06 bits per heavy atom. The molecule has 2 aromatic rings. The highest BCUT2D eigenvalue weighted by atomic mass is 79.9. The van der Waals surface area contributed by atoms with Crippen molar-refractivity contribution < 1.29 is 9.13 Å². The second-order valence-electron chi connectivity index (χ2n) is 3.58. The molecule has 2 nitrogen and oxygen atoms in total. The minimum atomic E-state index is -0.349. The number of benzene rings is 2. The summed E-state index contributed by atoms with van der Waals surface area (Å²) in [7, 11) is 1.51. The second-order valence-corrected chi connectivity index (χ2v) is 5.62. The number of ether oxygens (including phenoxy) is 1. The van der Waals surface area contributed by atoms with Crippen molar-refractivity contribution in [3.8, 4) is 5.75 Å². The number of rotatable bonds is 3. The van der Waals surface area contributed by atoms with Crippen LogP contribution in [0.1, 0.15) is 0 Å². The lowest BCUT2D eigenvalue weighted by atomic mass is 10.3. The molecular weight excluding hydrogens is 317 g/mol. The minimum absolute atomic E-state index is 0.300. The van der Waals surface area contributed by atoms with Gasteiger partial charge in [-0.1, -0.05) is 33.8 Å². The van der Waals surface area contributed by atoms with Crippen molar-refractivity contribution in [1.82, 2.24) is 0 Å². The van der Waals surface area contributed by atoms with Crippen LogP contribution in [0.15, 0.2) is 50.7 Å². The number of anilines is 1. The maximum absolute atomic E-state index is 13.8. The van der Waals surface area contributed by atoms with Crippen molar-refractivity contribution in [2.75, 3.05) is 12.8 Å². The van der Waals surface area contributed by atoms with E-state index in [1.165, 1.54) is 24.9 Å². The Morgan fingerprint density at radius 1 is 1.28 bits per heavy atom. The Labute approximate surface area is 117 Å². The van der Waals surface area contributed by atoms with Crippen molar-refractivity contribution >= 4 is 33.4 Å². The van der Waals surface area contributed by atoms with Crippen LogP contribution in [0.5, 0.6) is 5.75 Å². The smallest absolute Gasteiger partial charge is 0.143 e. The third kappa shape index (κ3) is 2.97. The Balaban J connectivity index is 2.34. The summed E-state index contributed by atoms with van der Waals surface area (Å²) in [5.74, 6) is 0.132. The van der Waals surface area contributed by atoms with Gasteiger partial charge < -0.3 is 10.5 Å². The first kappa shape index (κ1) is 13.2. The molecule has 0 bridgehead atoms. The third-order valence-corrected chi connectivity index (χ3v) is 3.82. The predicted octanol–water partition coefficient (Wildman–Crippen LogP) is 4.33. The molecular formula is C13H11BrFNOS. The van der Waals surface area contributed by atoms with Crippen LogP contribution in [0, 0.1) is 5.82 Å². The van der Waals surface area contributed by atoms with Crippen LogP contribution in [0.25, 0.3) is 0 Å². The normalized spacial score (nSPS) is 10.4. The van der Waals surface area contributed by atoms with Gasteiger partial charge in [0.1, 0.15) is 11.6 Å². The van der Waals surface area contributed by atoms with Crippen molar-refractivity contribution in [2.24, 2.45) is 0 Å². The standard InChI is InChI=1S/C13H11BrFNOS/c1-17-12-7-13(10(15)6-11(12)16)18-9-4-2-3-8(14)5-9/h2-7H,16H2,1H3. The molecule has 0 aliphatic carbocycles. The molecule has 0 aliphatic rings. The molecule has 0 fully saturated rings. The quantitative estimate of drug-likeness (QED) is 0.852. The largest absolute Gasteiger partial charge is 0.495 e. The van der Waals surface area contributed by atoms with Gasteiger partial charge in [0, 0.05) is 15.4 Å². The highest BCUT2D eigenvalue weighted by Crippen LogP contribution is 2.35. The van der Waals surface area contributed by atoms with Gasteiger partial charge in [-0.3, -0.25) is 0 Å². The molecule has 0 aromatic heterocycles. The molecule has 18 heavy (non-hydrogen) atoms. The summed E-state index contributed by atoms with van der Waals surface area (Å²) in [6, 6.07) is 10.5. The highest BCUT2D eigenvalue weighted by Gasteiger charge is 2.10. The molecule has 0 heterocycles. The number of methoxy groups -OCH3 is 1. The zero-order valence-corrected chi connectivity index (χ0v) is 12.0. The number of halogens is 2. The topological polar surface area (TPSA) is 35.2 Å². The number of hydrogen-bond donors (Lipinski definition) is 1. The second kappa shape index (κ2) is 5.63. The Bertz CT molecular complexity index is 577. The molecule has 0 atom stereocenters. The van der Waals surface area contributed by atoms with Crippen LogP contribution in [0.4, 0.5) is 10.1 Å². The molecule has 0 unspecified atom stereocenters. The van der Waals surface area contributed by atoms with Crippen LogP contribution in [0.3, 0.4) is 0 Å². The van der Waals surface area contributed by atoms with E-state index in [0.29, 0.717) is 16.3 Å². The zero-order chi connectivity index (χ0) is 13.1. The number of nitrogen functional groups attached to an aromatic ring is 1. The summed E-state index contributed by atoms with van der Waals surface area (Å²) in [6.07, 6.45) is 0. The van der Waals surface area contributed by atoms with Gasteiger partial charge in [0.05, 0.1) is 17.7 Å². The maximum Gasteiger partial charge on any atom is 0.143 e. The summed E-state index contributed by atoms with van der Waals surface area (Å²) in [5, 5.41) is 0. The fourth-order valence-corrected chi connectivity index (χ4v) is 2.92. The van der Waals surface area contributed by atoms with Gasteiger partial charge in [-0.25, -0.2) is 4.39 Å². The van der Waals surface area contributed by atoms with Gasteiger partial charge in [0.15, 0.2) is 0 Å². The summed E-state index contributed by atoms with van der Waals surface area (Å²) >= 11 is 4.71. The van der Waals surface area contributed by atoms with Crippen LogP contribution >= 0.6 is 27.7 Å². The molecule has 5 heteroatoms. The third-order valence-electron chi connectivity index (χ3n) is 2.31. The molecule has 0 saturated heterocycles. The molecule has 0 spiro atoms. The average Bonchev–Trinajstić information content (AvgIpc) is 2.33. The Morgan fingerprint density at radius 3 is 2.72 bits per heavy atom. The first-order valence-electron chi connectivity index (χ1n) is 5.16. The lowest BCUT2D eigenvalue weighted by Gasteiger charge is -2.09. The van der Waals surface area contributed by atoms with E-state index < -0.39 is 0 Å². The molecule has 2 aromatic carbocycles. The van der Waals surface area contributed by atoms with E-state index in [-0.39, 0.29) is 5.82 Å². The maximum atomic E-state index is 13.8. The van der Waals surface area contributed by atoms with Crippen molar-refractivity contribution in [1.29, 1.82) is 0 Å². The fraction of sp³-hybridized carbons (Fsp3) is 0.0769. The van der Waals surface area contributed by atoms with Crippen molar-refractivity contribution in [3.05, 3.63) is 46.7 Å². The van der Waals surface area contributed by atoms with E-state index in [1.54, 1.807) is 6.07 Å². The SMILES string of the molecule is COc1cc(Sc2cccc(Br)c2)c(F)cc1N. The van der Waals surface area contributed by atoms with E-state index in [2.05, 4.69) is 15.9 Å². The van der Waals surface area contributed by atoms with Gasteiger partial charge in [-0.15, -0.1) is 0 Å². The summed E-state index contributed by atoms with van der Waals surface area (Å²) in [5.41, 5.74) is 5.94. The van der Waals surface area contributed by atoms with E-state index in [9.17, 15) is 4.39 Å². The summed E-state index contributed by atoms with van der Waals surface area (Å²) in [6.45, 7) is 0. The molecule has 0 radical (unpaired) electrons. The first-order valence-corrected chi connectivity index (χ1v) is 6.77. The molecule has 0 amide bonds. The van der Waals surface area contributed by atoms with E-state index in [4.69, 9.17) is 10.5 Å². The Hall–Kier alpha value is -1.20. The van der Waals surface area contributed by atoms with E-state index in [1.807, 2.05) is 24.3 Å². The molecule has 2 rings (SSSR count). The van der Waals surface area contributed by atoms with Gasteiger partial charge in [-0.2, -0.15) is 0 Å². The molecule has 0 aliphatic heterocycles. The van der Waals surface area contributed by atoms with Crippen molar-refractivity contribution in [3.63, 3.8) is 0 Å². The highest BCUT2D eigenvalue weighted by molar-refractivity contribution is 9.10. The summed E-state index contributed by atoms with van der Waals surface area (Å²) in [4.78, 5) is 1.43. The first-order chi connectivity index (χ1) is 8.60. The van der Waals surface area contributed by atoms with Crippen LogP contribution in [0.2, 0.25) is 0 Å². The minimum Gasteiger partial charge on any atom is -0.495 e. The lowest BCUT2D eigenvalue weighted by Crippen LogP contribution is -1.94. The molecule has 2 N–H and O–H groups in total. The Kier molecular flexibility index (Phi) is 4.14. The molecule has 94 valence electrons. The lowest BCUT2D eigenvalue weighted by molar-refractivity contribution is 0.414. The van der Waals surface area contributed by atoms with Crippen LogP contribution in [-0.4, -0.2) is 7.11 Å². The zero-order valence-electron chi connectivity index (χ0n) is 9.61. The van der Waals surface area contributed by atoms with Gasteiger partial charge in [-0.05, 0) is 24.3 Å². The van der Waals surface area contributed by atoms with Crippen LogP contribution < -0.4 is 10.5 Å². The van der Waals surface area contributed by atoms with E-state index >= 15 is 0 Å². The summed E-state index contributed by atoms with van der Waals surface area (Å²) < 4.78 is 19.8.